The second-order valence-electron chi connectivity index (χ2n) is 7.42. The number of aromatic hydroxyl groups is 1. The number of allylic oxidation sites excluding steroid dienone is 2. The van der Waals surface area contributed by atoms with Gasteiger partial charge < -0.3 is 33.5 Å². The number of methoxy groups -OCH3 is 2. The van der Waals surface area contributed by atoms with Crippen molar-refractivity contribution in [2.24, 2.45) is 0 Å². The average Bonchev–Trinajstić information content (AvgIpc) is 3.26. The first-order chi connectivity index (χ1) is 15.8. The molecule has 2 aromatic rings. The molecule has 0 amide bonds. The first-order valence-electron chi connectivity index (χ1n) is 10.1. The molecule has 0 aromatic heterocycles. The molecule has 1 aliphatic rings. The molecule has 0 atom stereocenters. The van der Waals surface area contributed by atoms with E-state index >= 15 is 0 Å². The lowest BCUT2D eigenvalue weighted by Crippen LogP contribution is -2.18. The van der Waals surface area contributed by atoms with E-state index in [1.165, 1.54) is 38.5 Å². The fraction of sp³-hybridized carbons (Fsp3) is 0.333. The van der Waals surface area contributed by atoms with Crippen molar-refractivity contribution in [2.45, 2.75) is 20.3 Å². The molecule has 2 aromatic carbocycles. The number of ether oxygens (including phenoxy) is 6. The molecular weight excluding hydrogens is 432 g/mol. The zero-order valence-corrected chi connectivity index (χ0v) is 18.9. The van der Waals surface area contributed by atoms with E-state index < -0.39 is 11.6 Å². The molecule has 3 rings (SSSR count). The predicted octanol–water partition coefficient (Wildman–Crippen LogP) is 3.66. The van der Waals surface area contributed by atoms with Gasteiger partial charge in [-0.05, 0) is 38.0 Å². The van der Waals surface area contributed by atoms with Crippen molar-refractivity contribution in [3.63, 3.8) is 0 Å². The smallest absolute Gasteiger partial charge is 0.237 e. The molecule has 0 bridgehead atoms. The molecule has 0 fully saturated rings. The van der Waals surface area contributed by atoms with Crippen molar-refractivity contribution in [3.05, 3.63) is 52.6 Å². The number of Topliss-reactive ketones (excluding diaryl/α,β-unsaturated/α-hetero) is 2. The molecule has 33 heavy (non-hydrogen) atoms. The molecule has 1 aliphatic heterocycles. The zero-order valence-electron chi connectivity index (χ0n) is 18.9. The van der Waals surface area contributed by atoms with E-state index in [2.05, 4.69) is 0 Å². The maximum absolute atomic E-state index is 13.3. The number of ketones is 2. The summed E-state index contributed by atoms with van der Waals surface area (Å²) < 4.78 is 31.5. The Morgan fingerprint density at radius 3 is 2.03 bits per heavy atom. The van der Waals surface area contributed by atoms with Crippen molar-refractivity contribution in [2.75, 3.05) is 34.6 Å². The van der Waals surface area contributed by atoms with Gasteiger partial charge in [0, 0.05) is 26.4 Å². The highest BCUT2D eigenvalue weighted by atomic mass is 16.7. The van der Waals surface area contributed by atoms with Gasteiger partial charge >= 0.3 is 0 Å². The molecular formula is C24H26O9. The number of rotatable bonds is 11. The molecule has 0 saturated carbocycles. The third-order valence-electron chi connectivity index (χ3n) is 4.75. The van der Waals surface area contributed by atoms with E-state index in [-0.39, 0.29) is 48.8 Å². The summed E-state index contributed by atoms with van der Waals surface area (Å²) in [5.41, 5.74) is 1.48. The van der Waals surface area contributed by atoms with Gasteiger partial charge in [0.05, 0.1) is 11.1 Å². The Morgan fingerprint density at radius 2 is 1.45 bits per heavy atom. The van der Waals surface area contributed by atoms with E-state index in [4.69, 9.17) is 28.4 Å². The third-order valence-corrected chi connectivity index (χ3v) is 4.75. The van der Waals surface area contributed by atoms with Gasteiger partial charge in [0.2, 0.25) is 18.4 Å². The van der Waals surface area contributed by atoms with Crippen molar-refractivity contribution >= 4 is 11.6 Å². The van der Waals surface area contributed by atoms with Gasteiger partial charge in [-0.2, -0.15) is 0 Å². The van der Waals surface area contributed by atoms with Gasteiger partial charge in [-0.15, -0.1) is 0 Å². The summed E-state index contributed by atoms with van der Waals surface area (Å²) in [5, 5.41) is 10.4. The Labute approximate surface area is 191 Å². The minimum atomic E-state index is -0.847. The third kappa shape index (κ3) is 5.63. The van der Waals surface area contributed by atoms with Crippen LogP contribution in [-0.4, -0.2) is 51.3 Å². The fourth-order valence-corrected chi connectivity index (χ4v) is 3.10. The highest BCUT2D eigenvalue weighted by Crippen LogP contribution is 2.39. The normalized spacial score (nSPS) is 11.8. The zero-order chi connectivity index (χ0) is 24.0. The summed E-state index contributed by atoms with van der Waals surface area (Å²) in [6.45, 7) is 3.52. The first-order valence-corrected chi connectivity index (χ1v) is 10.1. The second-order valence-corrected chi connectivity index (χ2v) is 7.42. The summed E-state index contributed by atoms with van der Waals surface area (Å²) in [7, 11) is 2.85. The van der Waals surface area contributed by atoms with Crippen LogP contribution in [0.4, 0.5) is 0 Å². The molecule has 0 unspecified atom stereocenters. The van der Waals surface area contributed by atoms with Gasteiger partial charge in [0.15, 0.2) is 25.1 Å². The number of hydrogen-bond acceptors (Lipinski definition) is 9. The Bertz CT molecular complexity index is 1070. The number of hydrogen-bond donors (Lipinski definition) is 1. The molecule has 0 aliphatic carbocycles. The number of phenols is 1. The standard InChI is InChI=1S/C24H26O9/c1-14(2)5-6-15-7-16(19(9-18(15)25)30-11-28-3)23(26)24(27)17-8-21-22(33-13-32-21)10-20(17)31-12-29-4/h5,7-10,25H,6,11-13H2,1-4H3. The van der Waals surface area contributed by atoms with Crippen LogP contribution in [0, 0.1) is 0 Å². The predicted molar refractivity (Wildman–Crippen MR) is 117 cm³/mol. The van der Waals surface area contributed by atoms with Gasteiger partial charge in [-0.3, -0.25) is 9.59 Å². The SMILES string of the molecule is COCOc1cc(O)c(CC=C(C)C)cc1C(=O)C(=O)c1cc2c(cc1OCOC)OCO2. The summed E-state index contributed by atoms with van der Waals surface area (Å²) in [5.74, 6) is -0.906. The molecule has 1 N–H and O–H groups in total. The van der Waals surface area contributed by atoms with Gasteiger partial charge in [0.1, 0.15) is 17.2 Å². The molecule has 1 heterocycles. The van der Waals surface area contributed by atoms with E-state index in [0.717, 1.165) is 5.57 Å². The minimum Gasteiger partial charge on any atom is -0.508 e. The Balaban J connectivity index is 2.03. The van der Waals surface area contributed by atoms with Crippen LogP contribution in [0.1, 0.15) is 40.1 Å². The van der Waals surface area contributed by atoms with Crippen LogP contribution >= 0.6 is 0 Å². The van der Waals surface area contributed by atoms with Crippen LogP contribution < -0.4 is 18.9 Å². The highest BCUT2D eigenvalue weighted by molar-refractivity contribution is 6.50. The quantitative estimate of drug-likeness (QED) is 0.233. The molecule has 0 saturated heterocycles. The van der Waals surface area contributed by atoms with Gasteiger partial charge in [0.25, 0.3) is 0 Å². The van der Waals surface area contributed by atoms with Crippen LogP contribution in [-0.2, 0) is 15.9 Å². The maximum Gasteiger partial charge on any atom is 0.237 e. The molecule has 9 nitrogen and oxygen atoms in total. The lowest BCUT2D eigenvalue weighted by molar-refractivity contribution is 0.0489. The largest absolute Gasteiger partial charge is 0.508 e. The Kier molecular flexibility index (Phi) is 7.92. The van der Waals surface area contributed by atoms with Crippen LogP contribution in [0.2, 0.25) is 0 Å². The number of fused-ring (bicyclic) bond motifs is 1. The van der Waals surface area contributed by atoms with Gasteiger partial charge in [-0.1, -0.05) is 11.6 Å². The lowest BCUT2D eigenvalue weighted by Gasteiger charge is -2.14. The average molecular weight is 458 g/mol. The van der Waals surface area contributed by atoms with Crippen LogP contribution in [0.3, 0.4) is 0 Å². The summed E-state index contributed by atoms with van der Waals surface area (Å²) in [6, 6.07) is 5.62. The molecule has 9 heteroatoms. The van der Waals surface area contributed by atoms with Crippen LogP contribution in [0.5, 0.6) is 28.7 Å². The summed E-state index contributed by atoms with van der Waals surface area (Å²) >= 11 is 0. The highest BCUT2D eigenvalue weighted by Gasteiger charge is 2.29. The Hall–Kier alpha value is -3.56. The minimum absolute atomic E-state index is 0.00860. The molecule has 176 valence electrons. The van der Waals surface area contributed by atoms with Crippen LogP contribution in [0.25, 0.3) is 0 Å². The monoisotopic (exact) mass is 458 g/mol. The van der Waals surface area contributed by atoms with E-state index in [9.17, 15) is 14.7 Å². The Morgan fingerprint density at radius 1 is 0.909 bits per heavy atom. The number of phenolic OH excluding ortho intramolecular Hbond substituents is 1. The van der Waals surface area contributed by atoms with E-state index in [1.807, 2.05) is 19.9 Å². The van der Waals surface area contributed by atoms with Crippen molar-refractivity contribution in [3.8, 4) is 28.7 Å². The maximum atomic E-state index is 13.3. The van der Waals surface area contributed by atoms with Crippen molar-refractivity contribution in [1.29, 1.82) is 0 Å². The van der Waals surface area contributed by atoms with Crippen molar-refractivity contribution in [1.82, 2.24) is 0 Å². The van der Waals surface area contributed by atoms with Crippen molar-refractivity contribution < 1.29 is 43.1 Å². The van der Waals surface area contributed by atoms with Gasteiger partial charge in [-0.25, -0.2) is 0 Å². The summed E-state index contributed by atoms with van der Waals surface area (Å²) in [6.07, 6.45) is 2.27. The first kappa shape index (κ1) is 24.1. The second kappa shape index (κ2) is 10.8. The van der Waals surface area contributed by atoms with E-state index in [1.54, 1.807) is 0 Å². The van der Waals surface area contributed by atoms with E-state index in [0.29, 0.717) is 23.5 Å². The number of benzene rings is 2. The topological polar surface area (TPSA) is 110 Å². The number of carbonyl (C=O) groups excluding carboxylic acids is 2. The summed E-state index contributed by atoms with van der Waals surface area (Å²) in [4.78, 5) is 26.6. The molecule has 0 spiro atoms. The van der Waals surface area contributed by atoms with Crippen LogP contribution in [0.15, 0.2) is 35.9 Å². The fourth-order valence-electron chi connectivity index (χ4n) is 3.10. The lowest BCUT2D eigenvalue weighted by atomic mass is 9.96. The molecule has 0 radical (unpaired) electrons. The number of carbonyl (C=O) groups is 2.